The van der Waals surface area contributed by atoms with Crippen LogP contribution in [0.1, 0.15) is 25.3 Å². The summed E-state index contributed by atoms with van der Waals surface area (Å²) in [4.78, 5) is 0. The van der Waals surface area contributed by atoms with Gasteiger partial charge in [0.2, 0.25) is 0 Å². The summed E-state index contributed by atoms with van der Waals surface area (Å²) < 4.78 is 0.698. The van der Waals surface area contributed by atoms with Gasteiger partial charge < -0.3 is 10.4 Å². The van der Waals surface area contributed by atoms with E-state index in [9.17, 15) is 15.6 Å². The van der Waals surface area contributed by atoms with E-state index >= 15 is 0 Å². The average Bonchev–Trinajstić information content (AvgIpc) is 2.41. The summed E-state index contributed by atoms with van der Waals surface area (Å²) in [6.07, 6.45) is 0. The predicted molar refractivity (Wildman–Crippen MR) is 83.3 cm³/mol. The van der Waals surface area contributed by atoms with Gasteiger partial charge in [0.25, 0.3) is 0 Å². The molecule has 0 radical (unpaired) electrons. The van der Waals surface area contributed by atoms with Crippen molar-refractivity contribution in [3.63, 3.8) is 0 Å². The number of nitrogens with zero attached hydrogens (tertiary/aromatic N) is 2. The van der Waals surface area contributed by atoms with Crippen LogP contribution in [0.3, 0.4) is 0 Å². The van der Waals surface area contributed by atoms with Gasteiger partial charge in [-0.25, -0.2) is 0 Å². The maximum Gasteiger partial charge on any atom is 0.128 e. The van der Waals surface area contributed by atoms with Gasteiger partial charge in [0, 0.05) is 11.4 Å². The summed E-state index contributed by atoms with van der Waals surface area (Å²) >= 11 is 2.03. The Hall–Kier alpha value is -1.99. The van der Waals surface area contributed by atoms with Crippen LogP contribution < -0.4 is 5.32 Å². The predicted octanol–water partition coefficient (Wildman–Crippen LogP) is 3.28. The molecule has 1 aromatic rings. The van der Waals surface area contributed by atoms with Crippen molar-refractivity contribution in [2.24, 2.45) is 0 Å². The van der Waals surface area contributed by atoms with Crippen LogP contribution in [-0.2, 0) is 0 Å². The van der Waals surface area contributed by atoms with Crippen LogP contribution in [0, 0.1) is 26.2 Å². The highest BCUT2D eigenvalue weighted by molar-refractivity contribution is 14.1. The van der Waals surface area contributed by atoms with Crippen LogP contribution in [0.5, 0.6) is 5.75 Å². The fourth-order valence-corrected chi connectivity index (χ4v) is 2.87. The fraction of sp³-hybridized carbons (Fsp3) is 0.200. The zero-order valence-electron chi connectivity index (χ0n) is 11.0. The van der Waals surface area contributed by atoms with E-state index < -0.39 is 0 Å². The van der Waals surface area contributed by atoms with Gasteiger partial charge in [-0.05, 0) is 54.1 Å². The van der Waals surface area contributed by atoms with Crippen LogP contribution in [-0.4, -0.2) is 5.11 Å². The lowest BCUT2D eigenvalue weighted by Gasteiger charge is -2.26. The summed E-state index contributed by atoms with van der Waals surface area (Å²) in [5.74, 6) is -0.179. The van der Waals surface area contributed by atoms with Crippen molar-refractivity contribution in [2.75, 3.05) is 0 Å². The van der Waals surface area contributed by atoms with Crippen molar-refractivity contribution in [1.82, 2.24) is 5.32 Å². The minimum absolute atomic E-state index is 0.196. The highest BCUT2D eigenvalue weighted by Crippen LogP contribution is 2.38. The third-order valence-corrected chi connectivity index (χ3v) is 4.17. The van der Waals surface area contributed by atoms with Crippen molar-refractivity contribution in [3.05, 3.63) is 49.9 Å². The second kappa shape index (κ2) is 5.56. The summed E-state index contributed by atoms with van der Waals surface area (Å²) in [6, 6.07) is 9.53. The number of dihydropyridines is 1. The third kappa shape index (κ3) is 2.37. The molecule has 5 heteroatoms. The van der Waals surface area contributed by atoms with E-state index in [-0.39, 0.29) is 11.7 Å². The molecule has 4 nitrogen and oxygen atoms in total. The summed E-state index contributed by atoms with van der Waals surface area (Å²) in [6.45, 7) is 3.66. The van der Waals surface area contributed by atoms with Crippen LogP contribution in [0.25, 0.3) is 0 Å². The number of halogens is 1. The quantitative estimate of drug-likeness (QED) is 0.737. The molecule has 1 aliphatic rings. The second-order valence-electron chi connectivity index (χ2n) is 4.57. The first-order chi connectivity index (χ1) is 9.49. The number of phenolic OH excluding ortho intramolecular Hbond substituents is 1. The molecule has 1 aromatic carbocycles. The van der Waals surface area contributed by atoms with Gasteiger partial charge in [0.15, 0.2) is 0 Å². The molecule has 0 amide bonds. The molecular formula is C15H12IN3O. The molecule has 0 aromatic heterocycles. The van der Waals surface area contributed by atoms with Gasteiger partial charge in [0.05, 0.1) is 32.8 Å². The van der Waals surface area contributed by atoms with Crippen LogP contribution in [0.4, 0.5) is 0 Å². The van der Waals surface area contributed by atoms with E-state index in [2.05, 4.69) is 17.5 Å². The maximum atomic E-state index is 9.62. The first-order valence-electron chi connectivity index (χ1n) is 5.96. The zero-order valence-corrected chi connectivity index (χ0v) is 13.2. The highest BCUT2D eigenvalue weighted by Gasteiger charge is 2.29. The minimum Gasteiger partial charge on any atom is -0.507 e. The molecule has 20 heavy (non-hydrogen) atoms. The SMILES string of the molecule is CC1=C(C#N)C(c2ccc(O)c(I)c2)C(C#N)=C(C)N1. The Kier molecular flexibility index (Phi) is 4.01. The number of nitrogens with one attached hydrogen (secondary N) is 1. The van der Waals surface area contributed by atoms with Gasteiger partial charge in [-0.15, -0.1) is 0 Å². The summed E-state index contributed by atoms with van der Waals surface area (Å²) in [7, 11) is 0. The van der Waals surface area contributed by atoms with Crippen molar-refractivity contribution in [3.8, 4) is 17.9 Å². The number of phenols is 1. The molecule has 0 bridgehead atoms. The smallest absolute Gasteiger partial charge is 0.128 e. The molecule has 2 N–H and O–H groups in total. The Labute approximate surface area is 131 Å². The number of allylic oxidation sites excluding steroid dienone is 4. The number of rotatable bonds is 1. The van der Waals surface area contributed by atoms with E-state index in [0.29, 0.717) is 14.7 Å². The minimum atomic E-state index is -0.375. The Bertz CT molecular complexity index is 684. The molecular weight excluding hydrogens is 365 g/mol. The van der Waals surface area contributed by atoms with Crippen molar-refractivity contribution in [2.45, 2.75) is 19.8 Å². The maximum absolute atomic E-state index is 9.62. The van der Waals surface area contributed by atoms with Crippen molar-refractivity contribution >= 4 is 22.6 Å². The van der Waals surface area contributed by atoms with Crippen molar-refractivity contribution in [1.29, 1.82) is 10.5 Å². The Morgan fingerprint density at radius 3 is 2.15 bits per heavy atom. The number of benzene rings is 1. The van der Waals surface area contributed by atoms with Gasteiger partial charge in [-0.1, -0.05) is 6.07 Å². The van der Waals surface area contributed by atoms with E-state index in [1.54, 1.807) is 18.2 Å². The first-order valence-corrected chi connectivity index (χ1v) is 7.04. The lowest BCUT2D eigenvalue weighted by atomic mass is 9.82. The first kappa shape index (κ1) is 14.4. The van der Waals surface area contributed by atoms with E-state index in [0.717, 1.165) is 17.0 Å². The van der Waals surface area contributed by atoms with Gasteiger partial charge >= 0.3 is 0 Å². The van der Waals surface area contributed by atoms with E-state index in [1.165, 1.54) is 0 Å². The molecule has 0 atom stereocenters. The lowest BCUT2D eigenvalue weighted by Crippen LogP contribution is -2.23. The molecule has 1 heterocycles. The Morgan fingerprint density at radius 1 is 1.15 bits per heavy atom. The largest absolute Gasteiger partial charge is 0.507 e. The molecule has 0 saturated heterocycles. The topological polar surface area (TPSA) is 79.8 Å². The van der Waals surface area contributed by atoms with Gasteiger partial charge in [-0.3, -0.25) is 0 Å². The van der Waals surface area contributed by atoms with Gasteiger partial charge in [0.1, 0.15) is 5.75 Å². The van der Waals surface area contributed by atoms with E-state index in [4.69, 9.17) is 0 Å². The monoisotopic (exact) mass is 377 g/mol. The Morgan fingerprint density at radius 2 is 1.70 bits per heavy atom. The summed E-state index contributed by atoms with van der Waals surface area (Å²) in [5, 5.41) is 31.5. The van der Waals surface area contributed by atoms with Crippen molar-refractivity contribution < 1.29 is 5.11 Å². The normalized spacial score (nSPS) is 15.7. The Balaban J connectivity index is 2.66. The highest BCUT2D eigenvalue weighted by atomic mass is 127. The number of nitriles is 2. The van der Waals surface area contributed by atoms with Crippen LogP contribution >= 0.6 is 22.6 Å². The molecule has 1 aliphatic heterocycles. The second-order valence-corrected chi connectivity index (χ2v) is 5.73. The van der Waals surface area contributed by atoms with Crippen LogP contribution in [0.15, 0.2) is 40.7 Å². The number of hydrogen-bond acceptors (Lipinski definition) is 4. The molecule has 100 valence electrons. The van der Waals surface area contributed by atoms with Crippen LogP contribution in [0.2, 0.25) is 0 Å². The molecule has 0 spiro atoms. The van der Waals surface area contributed by atoms with E-state index in [1.807, 2.05) is 36.4 Å². The summed E-state index contributed by atoms with van der Waals surface area (Å²) in [5.41, 5.74) is 3.43. The molecule has 0 saturated carbocycles. The zero-order chi connectivity index (χ0) is 14.9. The fourth-order valence-electron chi connectivity index (χ4n) is 2.33. The van der Waals surface area contributed by atoms with Gasteiger partial charge in [-0.2, -0.15) is 10.5 Å². The molecule has 0 unspecified atom stereocenters. The molecule has 0 fully saturated rings. The molecule has 0 aliphatic carbocycles. The lowest BCUT2D eigenvalue weighted by molar-refractivity contribution is 0.471. The average molecular weight is 377 g/mol. The number of aromatic hydroxyl groups is 1. The third-order valence-electron chi connectivity index (χ3n) is 3.31. The molecule has 2 rings (SSSR count). The number of hydrogen-bond donors (Lipinski definition) is 2. The standard InChI is InChI=1S/C15H12IN3O/c1-8-11(6-17)15(12(7-18)9(2)19-8)10-3-4-14(20)13(16)5-10/h3-5,15,19-20H,1-2H3.